The number of benzene rings is 1. The largest absolute Gasteiger partial charge is 0.480 e. The van der Waals surface area contributed by atoms with Gasteiger partial charge in [0, 0.05) is 25.6 Å². The number of hydrogen-bond acceptors (Lipinski definition) is 3. The summed E-state index contributed by atoms with van der Waals surface area (Å²) in [6, 6.07) is 6.03. The molecule has 0 radical (unpaired) electrons. The summed E-state index contributed by atoms with van der Waals surface area (Å²) < 4.78 is 0. The van der Waals surface area contributed by atoms with Crippen LogP contribution in [0.25, 0.3) is 0 Å². The number of amides is 2. The van der Waals surface area contributed by atoms with E-state index in [-0.39, 0.29) is 11.8 Å². The summed E-state index contributed by atoms with van der Waals surface area (Å²) >= 11 is 0. The van der Waals surface area contributed by atoms with Crippen LogP contribution < -0.4 is 4.90 Å². The number of anilines is 1. The second kappa shape index (κ2) is 6.02. The van der Waals surface area contributed by atoms with Gasteiger partial charge >= 0.3 is 5.97 Å². The van der Waals surface area contributed by atoms with Crippen molar-refractivity contribution < 1.29 is 19.5 Å². The standard InChI is InChI=1S/C17H20N2O4/c1-11(20)19-13-7-3-2-6-12(13)10-15(19)16(21)18-9-5-4-8-14(18)17(22)23/h2-3,6-7,14-15H,4-5,8-10H2,1H3,(H,22,23)/t14-,15+/m1/s1. The molecule has 1 aromatic rings. The highest BCUT2D eigenvalue weighted by Gasteiger charge is 2.42. The number of carbonyl (C=O) groups is 3. The van der Waals surface area contributed by atoms with Crippen LogP contribution in [-0.2, 0) is 20.8 Å². The van der Waals surface area contributed by atoms with Crippen molar-refractivity contribution in [1.82, 2.24) is 4.90 Å². The van der Waals surface area contributed by atoms with Crippen molar-refractivity contribution >= 4 is 23.5 Å². The van der Waals surface area contributed by atoms with Crippen molar-refractivity contribution in [2.45, 2.75) is 44.7 Å². The third kappa shape index (κ3) is 2.69. The maximum atomic E-state index is 13.0. The molecule has 2 heterocycles. The predicted octanol–water partition coefficient (Wildman–Crippen LogP) is 1.43. The van der Waals surface area contributed by atoms with Crippen LogP contribution in [0.15, 0.2) is 24.3 Å². The van der Waals surface area contributed by atoms with Gasteiger partial charge in [0.05, 0.1) is 0 Å². The molecule has 1 fully saturated rings. The number of carboxylic acid groups (broad SMARTS) is 1. The Morgan fingerprint density at radius 3 is 2.57 bits per heavy atom. The molecular weight excluding hydrogens is 296 g/mol. The van der Waals surface area contributed by atoms with E-state index >= 15 is 0 Å². The smallest absolute Gasteiger partial charge is 0.326 e. The van der Waals surface area contributed by atoms with Crippen LogP contribution >= 0.6 is 0 Å². The summed E-state index contributed by atoms with van der Waals surface area (Å²) in [4.78, 5) is 39.4. The van der Waals surface area contributed by atoms with Crippen LogP contribution in [0.2, 0.25) is 0 Å². The molecule has 122 valence electrons. The fraction of sp³-hybridized carbons (Fsp3) is 0.471. The van der Waals surface area contributed by atoms with Gasteiger partial charge in [0.2, 0.25) is 11.8 Å². The first-order chi connectivity index (χ1) is 11.0. The van der Waals surface area contributed by atoms with Crippen molar-refractivity contribution in [3.63, 3.8) is 0 Å². The van der Waals surface area contributed by atoms with E-state index in [0.717, 1.165) is 24.1 Å². The van der Waals surface area contributed by atoms with Crippen LogP contribution in [0.4, 0.5) is 5.69 Å². The van der Waals surface area contributed by atoms with Crippen LogP contribution in [0.3, 0.4) is 0 Å². The Hall–Kier alpha value is -2.37. The number of likely N-dealkylation sites (tertiary alicyclic amines) is 1. The molecule has 0 spiro atoms. The summed E-state index contributed by atoms with van der Waals surface area (Å²) in [5.74, 6) is -1.43. The molecule has 6 nitrogen and oxygen atoms in total. The number of fused-ring (bicyclic) bond motifs is 1. The van der Waals surface area contributed by atoms with E-state index in [2.05, 4.69) is 0 Å². The summed E-state index contributed by atoms with van der Waals surface area (Å²) in [5, 5.41) is 9.37. The number of carboxylic acids is 1. The van der Waals surface area contributed by atoms with Crippen molar-refractivity contribution in [1.29, 1.82) is 0 Å². The fourth-order valence-corrected chi connectivity index (χ4v) is 3.62. The van der Waals surface area contributed by atoms with E-state index < -0.39 is 18.1 Å². The SMILES string of the molecule is CC(=O)N1c2ccccc2C[C@H]1C(=O)N1CCCC[C@@H]1C(=O)O. The molecule has 23 heavy (non-hydrogen) atoms. The Kier molecular flexibility index (Phi) is 4.07. The van der Waals surface area contributed by atoms with Crippen LogP contribution in [0.5, 0.6) is 0 Å². The molecule has 6 heteroatoms. The van der Waals surface area contributed by atoms with E-state index in [0.29, 0.717) is 19.4 Å². The van der Waals surface area contributed by atoms with Crippen LogP contribution in [0.1, 0.15) is 31.7 Å². The molecule has 2 amide bonds. The molecule has 3 rings (SSSR count). The zero-order valence-electron chi connectivity index (χ0n) is 13.1. The molecule has 1 N–H and O–H groups in total. The van der Waals surface area contributed by atoms with Gasteiger partial charge in [-0.05, 0) is 30.9 Å². The molecule has 0 bridgehead atoms. The Morgan fingerprint density at radius 1 is 1.13 bits per heavy atom. The van der Waals surface area contributed by atoms with Gasteiger partial charge < -0.3 is 10.0 Å². The van der Waals surface area contributed by atoms with Crippen molar-refractivity contribution in [2.24, 2.45) is 0 Å². The Bertz CT molecular complexity index is 658. The summed E-state index contributed by atoms with van der Waals surface area (Å²) in [7, 11) is 0. The highest BCUT2D eigenvalue weighted by Crippen LogP contribution is 2.33. The number of rotatable bonds is 2. The van der Waals surface area contributed by atoms with Gasteiger partial charge in [-0.3, -0.25) is 14.5 Å². The number of aliphatic carboxylic acids is 1. The van der Waals surface area contributed by atoms with Gasteiger partial charge in [0.1, 0.15) is 12.1 Å². The molecule has 1 aromatic carbocycles. The Labute approximate surface area is 134 Å². The predicted molar refractivity (Wildman–Crippen MR) is 84.1 cm³/mol. The number of hydrogen-bond donors (Lipinski definition) is 1. The lowest BCUT2D eigenvalue weighted by Crippen LogP contribution is -2.55. The topological polar surface area (TPSA) is 77.9 Å². The molecule has 0 saturated carbocycles. The van der Waals surface area contributed by atoms with E-state index in [4.69, 9.17) is 0 Å². The van der Waals surface area contributed by atoms with Crippen molar-refractivity contribution in [3.8, 4) is 0 Å². The van der Waals surface area contributed by atoms with E-state index in [9.17, 15) is 19.5 Å². The normalized spacial score (nSPS) is 23.5. The van der Waals surface area contributed by atoms with Crippen molar-refractivity contribution in [3.05, 3.63) is 29.8 Å². The zero-order chi connectivity index (χ0) is 16.6. The Morgan fingerprint density at radius 2 is 1.87 bits per heavy atom. The van der Waals surface area contributed by atoms with Gasteiger partial charge in [0.15, 0.2) is 0 Å². The number of piperidine rings is 1. The average Bonchev–Trinajstić information content (AvgIpc) is 2.93. The van der Waals surface area contributed by atoms with E-state index in [1.54, 1.807) is 0 Å². The Balaban J connectivity index is 1.90. The van der Waals surface area contributed by atoms with Gasteiger partial charge in [-0.1, -0.05) is 18.2 Å². The minimum Gasteiger partial charge on any atom is -0.480 e. The van der Waals surface area contributed by atoms with Crippen LogP contribution in [-0.4, -0.2) is 46.4 Å². The molecule has 0 unspecified atom stereocenters. The second-order valence-corrected chi connectivity index (χ2v) is 6.12. The van der Waals surface area contributed by atoms with Crippen molar-refractivity contribution in [2.75, 3.05) is 11.4 Å². The second-order valence-electron chi connectivity index (χ2n) is 6.12. The molecule has 1 saturated heterocycles. The van der Waals surface area contributed by atoms with Gasteiger partial charge in [-0.25, -0.2) is 4.79 Å². The van der Waals surface area contributed by atoms with E-state index in [1.165, 1.54) is 16.7 Å². The first-order valence-corrected chi connectivity index (χ1v) is 7.91. The number of carbonyl (C=O) groups excluding carboxylic acids is 2. The van der Waals surface area contributed by atoms with Gasteiger partial charge in [-0.15, -0.1) is 0 Å². The average molecular weight is 316 g/mol. The fourth-order valence-electron chi connectivity index (χ4n) is 3.62. The van der Waals surface area contributed by atoms with Gasteiger partial charge in [-0.2, -0.15) is 0 Å². The minimum atomic E-state index is -0.970. The first-order valence-electron chi connectivity index (χ1n) is 7.91. The highest BCUT2D eigenvalue weighted by atomic mass is 16.4. The maximum Gasteiger partial charge on any atom is 0.326 e. The lowest BCUT2D eigenvalue weighted by Gasteiger charge is -2.36. The lowest BCUT2D eigenvalue weighted by atomic mass is 10.00. The highest BCUT2D eigenvalue weighted by molar-refractivity contribution is 6.03. The lowest BCUT2D eigenvalue weighted by molar-refractivity contribution is -0.152. The summed E-state index contributed by atoms with van der Waals surface area (Å²) in [6.45, 7) is 1.88. The number of nitrogens with zero attached hydrogens (tertiary/aromatic N) is 2. The third-order valence-electron chi connectivity index (χ3n) is 4.67. The van der Waals surface area contributed by atoms with E-state index in [1.807, 2.05) is 24.3 Å². The third-order valence-corrected chi connectivity index (χ3v) is 4.67. The number of para-hydroxylation sites is 1. The summed E-state index contributed by atoms with van der Waals surface area (Å²) in [6.07, 6.45) is 2.52. The molecule has 2 atom stereocenters. The molecule has 2 aliphatic heterocycles. The first kappa shape index (κ1) is 15.5. The van der Waals surface area contributed by atoms with Gasteiger partial charge in [0.25, 0.3) is 0 Å². The monoisotopic (exact) mass is 316 g/mol. The molecule has 2 aliphatic rings. The quantitative estimate of drug-likeness (QED) is 0.895. The maximum absolute atomic E-state index is 13.0. The zero-order valence-corrected chi connectivity index (χ0v) is 13.1. The minimum absolute atomic E-state index is 0.197. The van der Waals surface area contributed by atoms with Crippen LogP contribution in [0, 0.1) is 0 Å². The summed E-state index contributed by atoms with van der Waals surface area (Å²) in [5.41, 5.74) is 1.70. The molecule has 0 aliphatic carbocycles. The molecule has 0 aromatic heterocycles. The molecular formula is C17H20N2O4.